The van der Waals surface area contributed by atoms with Gasteiger partial charge < -0.3 is 15.1 Å². The zero-order valence-corrected chi connectivity index (χ0v) is 19.4. The van der Waals surface area contributed by atoms with Crippen molar-refractivity contribution in [2.75, 3.05) is 29.4 Å². The molecule has 1 N–H and O–H groups in total. The van der Waals surface area contributed by atoms with Crippen LogP contribution in [0.4, 0.5) is 24.5 Å². The number of nitrogens with one attached hydrogen (secondary N) is 1. The summed E-state index contributed by atoms with van der Waals surface area (Å²) >= 11 is 0. The third kappa shape index (κ3) is 4.59. The second-order valence-electron chi connectivity index (χ2n) is 9.06. The number of aromatic nitrogens is 1. The van der Waals surface area contributed by atoms with Crippen LogP contribution in [0.25, 0.3) is 0 Å². The average Bonchev–Trinajstić information content (AvgIpc) is 2.90. The Morgan fingerprint density at radius 3 is 2.61 bits per heavy atom. The number of anilines is 2. The number of carbonyl (C=O) groups excluding carboxylic acids is 1. The summed E-state index contributed by atoms with van der Waals surface area (Å²) in [7, 11) is 0. The number of halogens is 3. The van der Waals surface area contributed by atoms with Gasteiger partial charge in [-0.3, -0.25) is 9.78 Å². The molecule has 1 amide bonds. The molecule has 2 aromatic carbocycles. The van der Waals surface area contributed by atoms with Crippen molar-refractivity contribution < 1.29 is 18.0 Å². The number of fused-ring (bicyclic) bond motifs is 3. The normalized spacial score (nSPS) is 19.2. The van der Waals surface area contributed by atoms with Gasteiger partial charge in [0.1, 0.15) is 6.07 Å². The van der Waals surface area contributed by atoms with Gasteiger partial charge in [-0.15, -0.1) is 0 Å². The number of nitrogens with zero attached hydrogens (tertiary/aromatic N) is 4. The first-order chi connectivity index (χ1) is 17.3. The zero-order valence-electron chi connectivity index (χ0n) is 19.4. The smallest absolute Gasteiger partial charge is 0.367 e. The second-order valence-corrected chi connectivity index (χ2v) is 9.06. The molecule has 1 fully saturated rings. The number of pyridine rings is 1. The van der Waals surface area contributed by atoms with E-state index >= 15 is 0 Å². The van der Waals surface area contributed by atoms with Gasteiger partial charge in [-0.05, 0) is 60.0 Å². The minimum Gasteiger partial charge on any atom is -0.367 e. The van der Waals surface area contributed by atoms with Gasteiger partial charge in [0.05, 0.1) is 28.8 Å². The molecule has 3 aromatic rings. The van der Waals surface area contributed by atoms with Gasteiger partial charge in [0.2, 0.25) is 5.91 Å². The van der Waals surface area contributed by atoms with Crippen LogP contribution in [0.15, 0.2) is 67.0 Å². The molecule has 0 radical (unpaired) electrons. The van der Waals surface area contributed by atoms with Gasteiger partial charge in [0, 0.05) is 44.3 Å². The third-order valence-corrected chi connectivity index (χ3v) is 6.96. The average molecular weight is 492 g/mol. The largest absolute Gasteiger partial charge is 0.416 e. The Morgan fingerprint density at radius 1 is 1.08 bits per heavy atom. The van der Waals surface area contributed by atoms with Crippen LogP contribution in [0.3, 0.4) is 0 Å². The lowest BCUT2D eigenvalue weighted by Gasteiger charge is -2.49. The number of hydrogen-bond donors (Lipinski definition) is 1. The van der Waals surface area contributed by atoms with E-state index in [0.29, 0.717) is 37.3 Å². The number of amides is 1. The Morgan fingerprint density at radius 2 is 1.86 bits per heavy atom. The van der Waals surface area contributed by atoms with Crippen molar-refractivity contribution in [2.24, 2.45) is 5.92 Å². The van der Waals surface area contributed by atoms with E-state index in [2.05, 4.69) is 26.2 Å². The Bertz CT molecular complexity index is 1300. The maximum absolute atomic E-state index is 13.4. The number of alkyl halides is 3. The summed E-state index contributed by atoms with van der Waals surface area (Å²) in [5, 5.41) is 12.5. The highest BCUT2D eigenvalue weighted by atomic mass is 19.4. The molecule has 6 nitrogen and oxygen atoms in total. The molecule has 1 aromatic heterocycles. The first-order valence-corrected chi connectivity index (χ1v) is 11.7. The van der Waals surface area contributed by atoms with E-state index in [1.165, 1.54) is 12.1 Å². The molecule has 5 rings (SSSR count). The Balaban J connectivity index is 1.46. The standard InChI is InChI=1S/C27H24F3N5O/c28-27(29,30)21-5-6-24-20(13-21)14-22(26(36)33-16-18-7-9-32-10-8-18)25-17-34(11-12-35(24)25)23-4-2-1-3-19(23)15-31/h1-10,13,22,25H,11-12,14,16-17H2,(H,33,36). The summed E-state index contributed by atoms with van der Waals surface area (Å²) in [6.45, 7) is 1.89. The van der Waals surface area contributed by atoms with Gasteiger partial charge in [-0.25, -0.2) is 0 Å². The van der Waals surface area contributed by atoms with Crippen molar-refractivity contribution in [3.05, 3.63) is 89.2 Å². The van der Waals surface area contributed by atoms with Gasteiger partial charge in [-0.2, -0.15) is 18.4 Å². The molecule has 1 saturated heterocycles. The second kappa shape index (κ2) is 9.53. The quantitative estimate of drug-likeness (QED) is 0.594. The molecular weight excluding hydrogens is 467 g/mol. The predicted octanol–water partition coefficient (Wildman–Crippen LogP) is 4.16. The highest BCUT2D eigenvalue weighted by Crippen LogP contribution is 2.40. The van der Waals surface area contributed by atoms with Crippen LogP contribution in [0, 0.1) is 17.2 Å². The fourth-order valence-electron chi connectivity index (χ4n) is 5.18. The van der Waals surface area contributed by atoms with Crippen LogP contribution in [0.2, 0.25) is 0 Å². The van der Waals surface area contributed by atoms with Crippen LogP contribution in [0.5, 0.6) is 0 Å². The van der Waals surface area contributed by atoms with Gasteiger partial charge in [-0.1, -0.05) is 12.1 Å². The molecule has 3 heterocycles. The third-order valence-electron chi connectivity index (χ3n) is 6.96. The maximum atomic E-state index is 13.4. The van der Waals surface area contributed by atoms with E-state index in [9.17, 15) is 23.2 Å². The highest BCUT2D eigenvalue weighted by Gasteiger charge is 2.43. The highest BCUT2D eigenvalue weighted by molar-refractivity contribution is 5.82. The minimum absolute atomic E-state index is 0.205. The number of benzene rings is 2. The van der Waals surface area contributed by atoms with E-state index < -0.39 is 17.7 Å². The number of piperazine rings is 1. The van der Waals surface area contributed by atoms with E-state index in [1.807, 2.05) is 18.2 Å². The first-order valence-electron chi connectivity index (χ1n) is 11.7. The molecule has 0 spiro atoms. The molecule has 36 heavy (non-hydrogen) atoms. The summed E-state index contributed by atoms with van der Waals surface area (Å²) < 4.78 is 40.3. The molecule has 2 aliphatic heterocycles. The van der Waals surface area contributed by atoms with E-state index in [1.54, 1.807) is 30.6 Å². The summed E-state index contributed by atoms with van der Waals surface area (Å²) in [4.78, 5) is 21.6. The van der Waals surface area contributed by atoms with Crippen molar-refractivity contribution in [2.45, 2.75) is 25.2 Å². The molecule has 0 saturated carbocycles. The van der Waals surface area contributed by atoms with Crippen molar-refractivity contribution >= 4 is 17.3 Å². The van der Waals surface area contributed by atoms with Crippen molar-refractivity contribution in [1.82, 2.24) is 10.3 Å². The van der Waals surface area contributed by atoms with Crippen LogP contribution >= 0.6 is 0 Å². The van der Waals surface area contributed by atoms with E-state index in [-0.39, 0.29) is 18.4 Å². The number of nitriles is 1. The lowest BCUT2D eigenvalue weighted by molar-refractivity contribution is -0.137. The summed E-state index contributed by atoms with van der Waals surface area (Å²) in [6, 6.07) is 16.7. The lowest BCUT2D eigenvalue weighted by Crippen LogP contribution is -2.61. The fraction of sp³-hybridized carbons (Fsp3) is 0.296. The van der Waals surface area contributed by atoms with Crippen molar-refractivity contribution in [3.63, 3.8) is 0 Å². The fourth-order valence-corrected chi connectivity index (χ4v) is 5.18. The minimum atomic E-state index is -4.45. The number of hydrogen-bond acceptors (Lipinski definition) is 5. The Labute approximate surface area is 207 Å². The van der Waals surface area contributed by atoms with Crippen LogP contribution in [-0.2, 0) is 23.9 Å². The monoisotopic (exact) mass is 491 g/mol. The van der Waals surface area contributed by atoms with Gasteiger partial charge >= 0.3 is 6.18 Å². The lowest BCUT2D eigenvalue weighted by atomic mass is 9.82. The molecule has 2 atom stereocenters. The van der Waals surface area contributed by atoms with E-state index in [4.69, 9.17) is 0 Å². The Hall–Kier alpha value is -4.06. The molecule has 2 aliphatic rings. The molecular formula is C27H24F3N5O. The van der Waals surface area contributed by atoms with Crippen molar-refractivity contribution in [1.29, 1.82) is 5.26 Å². The van der Waals surface area contributed by atoms with Crippen LogP contribution in [0.1, 0.15) is 22.3 Å². The zero-order chi connectivity index (χ0) is 25.3. The molecule has 2 unspecified atom stereocenters. The van der Waals surface area contributed by atoms with Crippen LogP contribution in [-0.4, -0.2) is 36.6 Å². The molecule has 184 valence electrons. The molecule has 0 aliphatic carbocycles. The topological polar surface area (TPSA) is 72.3 Å². The Kier molecular flexibility index (Phi) is 6.27. The number of rotatable bonds is 4. The van der Waals surface area contributed by atoms with E-state index in [0.717, 1.165) is 23.0 Å². The predicted molar refractivity (Wildman–Crippen MR) is 129 cm³/mol. The SMILES string of the molecule is N#Cc1ccccc1N1CCN2c3ccc(C(F)(F)F)cc3CC(C(=O)NCc3ccncc3)C2C1. The van der Waals surface area contributed by atoms with Crippen LogP contribution < -0.4 is 15.1 Å². The maximum Gasteiger partial charge on any atom is 0.416 e. The van der Waals surface area contributed by atoms with Gasteiger partial charge in [0.15, 0.2) is 0 Å². The number of carbonyl (C=O) groups is 1. The number of para-hydroxylation sites is 1. The molecule has 0 bridgehead atoms. The van der Waals surface area contributed by atoms with Gasteiger partial charge in [0.25, 0.3) is 0 Å². The van der Waals surface area contributed by atoms with Crippen molar-refractivity contribution in [3.8, 4) is 6.07 Å². The summed E-state index contributed by atoms with van der Waals surface area (Å²) in [5.41, 5.74) is 2.79. The first kappa shape index (κ1) is 23.7. The summed E-state index contributed by atoms with van der Waals surface area (Å²) in [6.07, 6.45) is -0.962. The summed E-state index contributed by atoms with van der Waals surface area (Å²) in [5.74, 6) is -0.764. The molecule has 9 heteroatoms.